The summed E-state index contributed by atoms with van der Waals surface area (Å²) in [4.78, 5) is 11.0. The van der Waals surface area contributed by atoms with Gasteiger partial charge in [-0.2, -0.15) is 0 Å². The van der Waals surface area contributed by atoms with Crippen molar-refractivity contribution in [2.45, 2.75) is 38.0 Å². The Kier molecular flexibility index (Phi) is 4.40. The van der Waals surface area contributed by atoms with E-state index in [1.165, 1.54) is 12.8 Å². The summed E-state index contributed by atoms with van der Waals surface area (Å²) in [5.74, 6) is 1.35. The first-order valence-electron chi connectivity index (χ1n) is 7.94. The zero-order valence-corrected chi connectivity index (χ0v) is 12.8. The predicted octanol–water partition coefficient (Wildman–Crippen LogP) is 1.97. The van der Waals surface area contributed by atoms with E-state index in [0.29, 0.717) is 5.92 Å². The fraction of sp³-hybridized carbons (Fsp3) is 0.750. The van der Waals surface area contributed by atoms with Crippen LogP contribution in [0.3, 0.4) is 0 Å². The summed E-state index contributed by atoms with van der Waals surface area (Å²) in [5.41, 5.74) is 1.13. The van der Waals surface area contributed by atoms with Crippen LogP contribution in [0.5, 0.6) is 0 Å². The van der Waals surface area contributed by atoms with Gasteiger partial charge in [-0.25, -0.2) is 9.97 Å². The maximum absolute atomic E-state index is 9.76. The Balaban J connectivity index is 1.71. The molecule has 0 spiro atoms. The fourth-order valence-electron chi connectivity index (χ4n) is 3.64. The summed E-state index contributed by atoms with van der Waals surface area (Å²) in [5, 5.41) is 9.76. The lowest BCUT2D eigenvalue weighted by atomic mass is 9.86. The summed E-state index contributed by atoms with van der Waals surface area (Å²) in [6.45, 7) is 2.72. The van der Waals surface area contributed by atoms with Gasteiger partial charge >= 0.3 is 0 Å². The van der Waals surface area contributed by atoms with Crippen molar-refractivity contribution in [2.24, 2.45) is 5.41 Å². The number of aromatic nitrogens is 2. The van der Waals surface area contributed by atoms with Crippen LogP contribution in [0, 0.1) is 5.41 Å². The molecule has 3 rings (SSSR count). The maximum atomic E-state index is 9.76. The van der Waals surface area contributed by atoms with E-state index in [1.807, 2.05) is 0 Å². The van der Waals surface area contributed by atoms with Gasteiger partial charge in [0.05, 0.1) is 18.9 Å². The summed E-state index contributed by atoms with van der Waals surface area (Å²) in [6, 6.07) is 2.08. The third-order valence-corrected chi connectivity index (χ3v) is 4.99. The smallest absolute Gasteiger partial charge is 0.131 e. The second kappa shape index (κ2) is 6.28. The highest BCUT2D eigenvalue weighted by molar-refractivity contribution is 5.39. The Labute approximate surface area is 126 Å². The van der Waals surface area contributed by atoms with Gasteiger partial charge in [0.2, 0.25) is 0 Å². The molecule has 1 aliphatic carbocycles. The topological polar surface area (TPSA) is 58.5 Å². The van der Waals surface area contributed by atoms with Crippen LogP contribution in [0.4, 0.5) is 5.82 Å². The molecule has 21 heavy (non-hydrogen) atoms. The number of rotatable bonds is 5. The molecule has 1 unspecified atom stereocenters. The SMILES string of the molecule is CN(CC1(CO)CCCC1)c1cc(C2CCOC2)ncn1. The highest BCUT2D eigenvalue weighted by atomic mass is 16.5. The number of aliphatic hydroxyl groups excluding tert-OH is 1. The normalized spacial score (nSPS) is 24.4. The van der Waals surface area contributed by atoms with Crippen molar-refractivity contribution in [2.75, 3.05) is 38.3 Å². The molecular formula is C16H25N3O2. The van der Waals surface area contributed by atoms with E-state index < -0.39 is 0 Å². The Morgan fingerprint density at radius 1 is 1.38 bits per heavy atom. The van der Waals surface area contributed by atoms with Crippen molar-refractivity contribution >= 4 is 5.82 Å². The lowest BCUT2D eigenvalue weighted by Crippen LogP contribution is -2.37. The zero-order valence-electron chi connectivity index (χ0n) is 12.8. The van der Waals surface area contributed by atoms with Crippen molar-refractivity contribution in [3.05, 3.63) is 18.1 Å². The van der Waals surface area contributed by atoms with E-state index in [0.717, 1.165) is 50.5 Å². The number of nitrogens with zero attached hydrogens (tertiary/aromatic N) is 3. The Hall–Kier alpha value is -1.20. The molecule has 5 heteroatoms. The molecule has 2 fully saturated rings. The Bertz CT molecular complexity index is 468. The minimum Gasteiger partial charge on any atom is -0.396 e. The number of hydrogen-bond acceptors (Lipinski definition) is 5. The fourth-order valence-corrected chi connectivity index (χ4v) is 3.64. The molecule has 1 saturated carbocycles. The third kappa shape index (κ3) is 3.19. The standard InChI is InChI=1S/C16H25N3O2/c1-19(10-16(11-20)5-2-3-6-16)15-8-14(17-12-18-15)13-4-7-21-9-13/h8,12-13,20H,2-7,9-11H2,1H3. The molecule has 0 radical (unpaired) electrons. The van der Waals surface area contributed by atoms with Crippen LogP contribution in [0.1, 0.15) is 43.7 Å². The number of anilines is 1. The number of aliphatic hydroxyl groups is 1. The first-order valence-corrected chi connectivity index (χ1v) is 7.94. The average molecular weight is 291 g/mol. The second-order valence-corrected chi connectivity index (χ2v) is 6.58. The van der Waals surface area contributed by atoms with E-state index in [2.05, 4.69) is 28.0 Å². The highest BCUT2D eigenvalue weighted by Crippen LogP contribution is 2.38. The predicted molar refractivity (Wildman–Crippen MR) is 81.5 cm³/mol. The van der Waals surface area contributed by atoms with Crippen LogP contribution in [0.15, 0.2) is 12.4 Å². The molecule has 1 N–H and O–H groups in total. The molecule has 0 aromatic carbocycles. The molecule has 1 saturated heterocycles. The number of ether oxygens (including phenoxy) is 1. The largest absolute Gasteiger partial charge is 0.396 e. The monoisotopic (exact) mass is 291 g/mol. The maximum Gasteiger partial charge on any atom is 0.131 e. The van der Waals surface area contributed by atoms with Crippen molar-refractivity contribution in [1.29, 1.82) is 0 Å². The molecule has 1 atom stereocenters. The van der Waals surface area contributed by atoms with E-state index >= 15 is 0 Å². The molecule has 2 aliphatic rings. The highest BCUT2D eigenvalue weighted by Gasteiger charge is 2.34. The molecule has 0 bridgehead atoms. The lowest BCUT2D eigenvalue weighted by Gasteiger charge is -2.32. The van der Waals surface area contributed by atoms with Crippen molar-refractivity contribution in [3.63, 3.8) is 0 Å². The van der Waals surface area contributed by atoms with Crippen LogP contribution < -0.4 is 4.90 Å². The van der Waals surface area contributed by atoms with Crippen LogP contribution in [-0.2, 0) is 4.74 Å². The zero-order chi connectivity index (χ0) is 14.7. The van der Waals surface area contributed by atoms with Crippen LogP contribution in [0.25, 0.3) is 0 Å². The third-order valence-electron chi connectivity index (χ3n) is 4.99. The van der Waals surface area contributed by atoms with Crippen molar-refractivity contribution in [1.82, 2.24) is 9.97 Å². The van der Waals surface area contributed by atoms with Gasteiger partial charge in [0, 0.05) is 37.6 Å². The quantitative estimate of drug-likeness (QED) is 0.899. The van der Waals surface area contributed by atoms with E-state index in [9.17, 15) is 5.11 Å². The van der Waals surface area contributed by atoms with Crippen molar-refractivity contribution < 1.29 is 9.84 Å². The molecular weight excluding hydrogens is 266 g/mol. The number of hydrogen-bond donors (Lipinski definition) is 1. The van der Waals surface area contributed by atoms with Gasteiger partial charge in [-0.05, 0) is 19.3 Å². The van der Waals surface area contributed by atoms with Gasteiger partial charge in [-0.3, -0.25) is 0 Å². The van der Waals surface area contributed by atoms with Gasteiger partial charge in [0.15, 0.2) is 0 Å². The van der Waals surface area contributed by atoms with Crippen LogP contribution in [0.2, 0.25) is 0 Å². The van der Waals surface area contributed by atoms with E-state index in [-0.39, 0.29) is 12.0 Å². The van der Waals surface area contributed by atoms with Crippen LogP contribution in [-0.4, -0.2) is 48.5 Å². The van der Waals surface area contributed by atoms with Gasteiger partial charge in [-0.1, -0.05) is 12.8 Å². The first kappa shape index (κ1) is 14.7. The first-order chi connectivity index (χ1) is 10.2. The molecule has 1 aromatic heterocycles. The second-order valence-electron chi connectivity index (χ2n) is 6.58. The minimum atomic E-state index is 0.0519. The van der Waals surface area contributed by atoms with Gasteiger partial charge in [0.1, 0.15) is 12.1 Å². The van der Waals surface area contributed by atoms with Gasteiger partial charge < -0.3 is 14.7 Å². The molecule has 5 nitrogen and oxygen atoms in total. The molecule has 116 valence electrons. The summed E-state index contributed by atoms with van der Waals surface area (Å²) in [7, 11) is 2.06. The molecule has 1 aromatic rings. The average Bonchev–Trinajstić information content (AvgIpc) is 3.19. The Morgan fingerprint density at radius 2 is 2.19 bits per heavy atom. The molecule has 1 aliphatic heterocycles. The molecule has 0 amide bonds. The Morgan fingerprint density at radius 3 is 2.86 bits per heavy atom. The lowest BCUT2D eigenvalue weighted by molar-refractivity contribution is 0.136. The minimum absolute atomic E-state index is 0.0519. The summed E-state index contributed by atoms with van der Waals surface area (Å²) in [6.07, 6.45) is 7.37. The van der Waals surface area contributed by atoms with E-state index in [4.69, 9.17) is 4.74 Å². The summed E-state index contributed by atoms with van der Waals surface area (Å²) < 4.78 is 5.45. The van der Waals surface area contributed by atoms with Crippen LogP contribution >= 0.6 is 0 Å². The van der Waals surface area contributed by atoms with E-state index in [1.54, 1.807) is 6.33 Å². The summed E-state index contributed by atoms with van der Waals surface area (Å²) >= 11 is 0. The van der Waals surface area contributed by atoms with Gasteiger partial charge in [-0.15, -0.1) is 0 Å². The molecule has 2 heterocycles. The van der Waals surface area contributed by atoms with Gasteiger partial charge in [0.25, 0.3) is 0 Å². The van der Waals surface area contributed by atoms with Crippen molar-refractivity contribution in [3.8, 4) is 0 Å².